The Morgan fingerprint density at radius 1 is 1.21 bits per heavy atom. The maximum absolute atomic E-state index is 12.2. The molecule has 0 aliphatic carbocycles. The largest absolute Gasteiger partial charge is 0.508 e. The van der Waals surface area contributed by atoms with Gasteiger partial charge in [-0.1, -0.05) is 6.92 Å². The number of phenols is 1. The number of hydrazone groups is 1. The average Bonchev–Trinajstić information content (AvgIpc) is 2.61. The standard InChI is InChI=1S/C18H21N3O3/c1-3-17(20-14-6-10-16(24-2)11-7-14)18(23)21-19-12-13-4-8-15(22)9-5-13/h4-12,17,20,22H,3H2,1-2H3,(H,21,23)/b19-12+/t17-/m0/s1. The number of methoxy groups -OCH3 is 1. The van der Waals surface area contributed by atoms with Gasteiger partial charge in [0.05, 0.1) is 13.3 Å². The summed E-state index contributed by atoms with van der Waals surface area (Å²) in [6.07, 6.45) is 2.14. The smallest absolute Gasteiger partial charge is 0.262 e. The number of benzene rings is 2. The minimum Gasteiger partial charge on any atom is -0.508 e. The second-order valence-electron chi connectivity index (χ2n) is 5.16. The summed E-state index contributed by atoms with van der Waals surface area (Å²) in [6, 6.07) is 13.5. The molecule has 0 heterocycles. The third-order valence-electron chi connectivity index (χ3n) is 3.44. The lowest BCUT2D eigenvalue weighted by Crippen LogP contribution is -2.36. The maximum atomic E-state index is 12.2. The van der Waals surface area contributed by atoms with E-state index in [4.69, 9.17) is 4.74 Å². The molecule has 6 nitrogen and oxygen atoms in total. The summed E-state index contributed by atoms with van der Waals surface area (Å²) in [4.78, 5) is 12.2. The van der Waals surface area contributed by atoms with Crippen molar-refractivity contribution < 1.29 is 14.6 Å². The Labute approximate surface area is 141 Å². The first-order valence-corrected chi connectivity index (χ1v) is 7.65. The Balaban J connectivity index is 1.91. The molecule has 2 rings (SSSR count). The van der Waals surface area contributed by atoms with Crippen molar-refractivity contribution in [3.8, 4) is 11.5 Å². The van der Waals surface area contributed by atoms with Gasteiger partial charge < -0.3 is 15.2 Å². The highest BCUT2D eigenvalue weighted by molar-refractivity contribution is 5.86. The third-order valence-corrected chi connectivity index (χ3v) is 3.44. The van der Waals surface area contributed by atoms with Crippen LogP contribution < -0.4 is 15.5 Å². The molecule has 126 valence electrons. The number of phenolic OH excluding ortho intramolecular Hbond substituents is 1. The third kappa shape index (κ3) is 5.01. The van der Waals surface area contributed by atoms with Crippen LogP contribution in [0.1, 0.15) is 18.9 Å². The van der Waals surface area contributed by atoms with Crippen molar-refractivity contribution in [2.45, 2.75) is 19.4 Å². The molecule has 0 aliphatic heterocycles. The first-order chi connectivity index (χ1) is 11.6. The van der Waals surface area contributed by atoms with Crippen molar-refractivity contribution >= 4 is 17.8 Å². The number of hydrogen-bond acceptors (Lipinski definition) is 5. The molecule has 0 saturated heterocycles. The number of rotatable bonds is 7. The van der Waals surface area contributed by atoms with Crippen LogP contribution in [-0.2, 0) is 4.79 Å². The minimum absolute atomic E-state index is 0.186. The van der Waals surface area contributed by atoms with Crippen LogP contribution in [0, 0.1) is 0 Å². The van der Waals surface area contributed by atoms with Crippen LogP contribution in [0.4, 0.5) is 5.69 Å². The fraction of sp³-hybridized carbons (Fsp3) is 0.222. The number of hydrogen-bond donors (Lipinski definition) is 3. The molecular formula is C18H21N3O3. The second-order valence-corrected chi connectivity index (χ2v) is 5.16. The lowest BCUT2D eigenvalue weighted by atomic mass is 10.2. The van der Waals surface area contributed by atoms with Gasteiger partial charge in [-0.25, -0.2) is 5.43 Å². The molecule has 0 saturated carbocycles. The van der Waals surface area contributed by atoms with Gasteiger partial charge in [-0.15, -0.1) is 0 Å². The molecule has 1 atom stereocenters. The second kappa shape index (κ2) is 8.57. The number of anilines is 1. The van der Waals surface area contributed by atoms with Crippen molar-refractivity contribution in [3.63, 3.8) is 0 Å². The molecule has 0 aliphatic rings. The van der Waals surface area contributed by atoms with E-state index in [1.165, 1.54) is 6.21 Å². The van der Waals surface area contributed by atoms with Crippen molar-refractivity contribution in [1.82, 2.24) is 5.43 Å². The van der Waals surface area contributed by atoms with Crippen LogP contribution in [-0.4, -0.2) is 30.4 Å². The van der Waals surface area contributed by atoms with Gasteiger partial charge in [0.15, 0.2) is 0 Å². The predicted octanol–water partition coefficient (Wildman–Crippen LogP) is 2.74. The van der Waals surface area contributed by atoms with Gasteiger partial charge >= 0.3 is 0 Å². The van der Waals surface area contributed by atoms with Crippen LogP contribution >= 0.6 is 0 Å². The van der Waals surface area contributed by atoms with Crippen molar-refractivity contribution in [2.24, 2.45) is 5.10 Å². The van der Waals surface area contributed by atoms with Gasteiger partial charge in [-0.3, -0.25) is 4.79 Å². The summed E-state index contributed by atoms with van der Waals surface area (Å²) in [5, 5.41) is 16.3. The van der Waals surface area contributed by atoms with Gasteiger partial charge in [0.2, 0.25) is 0 Å². The predicted molar refractivity (Wildman–Crippen MR) is 94.5 cm³/mol. The Morgan fingerprint density at radius 2 is 1.88 bits per heavy atom. The van der Waals surface area contributed by atoms with Crippen molar-refractivity contribution in [1.29, 1.82) is 0 Å². The lowest BCUT2D eigenvalue weighted by Gasteiger charge is -2.16. The van der Waals surface area contributed by atoms with E-state index in [2.05, 4.69) is 15.8 Å². The molecule has 0 radical (unpaired) electrons. The van der Waals surface area contributed by atoms with Crippen LogP contribution in [0.2, 0.25) is 0 Å². The fourth-order valence-electron chi connectivity index (χ4n) is 2.05. The van der Waals surface area contributed by atoms with E-state index < -0.39 is 6.04 Å². The van der Waals surface area contributed by atoms with Gasteiger partial charge in [0, 0.05) is 5.69 Å². The summed E-state index contributed by atoms with van der Waals surface area (Å²) in [6.45, 7) is 1.92. The first kappa shape index (κ1) is 17.3. The quantitative estimate of drug-likeness (QED) is 0.539. The molecule has 0 unspecified atom stereocenters. The lowest BCUT2D eigenvalue weighted by molar-refractivity contribution is -0.121. The van der Waals surface area contributed by atoms with E-state index in [1.54, 1.807) is 31.4 Å². The van der Waals surface area contributed by atoms with E-state index in [1.807, 2.05) is 31.2 Å². The number of carbonyl (C=O) groups is 1. The topological polar surface area (TPSA) is 83.0 Å². The van der Waals surface area contributed by atoms with E-state index in [0.29, 0.717) is 6.42 Å². The van der Waals surface area contributed by atoms with Crippen molar-refractivity contribution in [2.75, 3.05) is 12.4 Å². The number of nitrogens with zero attached hydrogens (tertiary/aromatic N) is 1. The molecule has 24 heavy (non-hydrogen) atoms. The Hall–Kier alpha value is -3.02. The van der Waals surface area contributed by atoms with E-state index in [0.717, 1.165) is 17.0 Å². The fourth-order valence-corrected chi connectivity index (χ4v) is 2.05. The zero-order valence-corrected chi connectivity index (χ0v) is 13.7. The van der Waals surface area contributed by atoms with Crippen LogP contribution in [0.15, 0.2) is 53.6 Å². The normalized spacial score (nSPS) is 11.9. The Kier molecular flexibility index (Phi) is 6.19. The zero-order chi connectivity index (χ0) is 17.4. The molecule has 0 bridgehead atoms. The number of aromatic hydroxyl groups is 1. The molecule has 0 spiro atoms. The number of ether oxygens (including phenoxy) is 1. The molecule has 2 aromatic carbocycles. The van der Waals surface area contributed by atoms with E-state index in [-0.39, 0.29) is 11.7 Å². The van der Waals surface area contributed by atoms with Gasteiger partial charge in [0.1, 0.15) is 17.5 Å². The summed E-state index contributed by atoms with van der Waals surface area (Å²) in [7, 11) is 1.61. The monoisotopic (exact) mass is 327 g/mol. The van der Waals surface area contributed by atoms with Crippen LogP contribution in [0.5, 0.6) is 11.5 Å². The molecule has 2 aromatic rings. The summed E-state index contributed by atoms with van der Waals surface area (Å²) >= 11 is 0. The molecule has 3 N–H and O–H groups in total. The SMILES string of the molecule is CC[C@H](Nc1ccc(OC)cc1)C(=O)N/N=C/c1ccc(O)cc1. The van der Waals surface area contributed by atoms with E-state index in [9.17, 15) is 9.90 Å². The molecular weight excluding hydrogens is 306 g/mol. The Bertz CT molecular complexity index is 682. The molecule has 0 fully saturated rings. The number of carbonyl (C=O) groups excluding carboxylic acids is 1. The summed E-state index contributed by atoms with van der Waals surface area (Å²) in [5.74, 6) is 0.728. The van der Waals surface area contributed by atoms with Gasteiger partial charge in [-0.2, -0.15) is 5.10 Å². The van der Waals surface area contributed by atoms with E-state index >= 15 is 0 Å². The number of nitrogens with one attached hydrogen (secondary N) is 2. The van der Waals surface area contributed by atoms with Gasteiger partial charge in [0.25, 0.3) is 5.91 Å². The van der Waals surface area contributed by atoms with Crippen LogP contribution in [0.25, 0.3) is 0 Å². The first-order valence-electron chi connectivity index (χ1n) is 7.65. The highest BCUT2D eigenvalue weighted by atomic mass is 16.5. The highest BCUT2D eigenvalue weighted by Gasteiger charge is 2.15. The minimum atomic E-state index is -0.393. The van der Waals surface area contributed by atoms with Gasteiger partial charge in [-0.05, 0) is 60.5 Å². The zero-order valence-electron chi connectivity index (χ0n) is 13.7. The average molecular weight is 327 g/mol. The highest BCUT2D eigenvalue weighted by Crippen LogP contribution is 2.16. The van der Waals surface area contributed by atoms with Crippen molar-refractivity contribution in [3.05, 3.63) is 54.1 Å². The van der Waals surface area contributed by atoms with Crippen LogP contribution in [0.3, 0.4) is 0 Å². The molecule has 6 heteroatoms. The number of amides is 1. The molecule has 1 amide bonds. The summed E-state index contributed by atoms with van der Waals surface area (Å²) in [5.41, 5.74) is 4.14. The summed E-state index contributed by atoms with van der Waals surface area (Å²) < 4.78 is 5.11. The molecule has 0 aromatic heterocycles. The maximum Gasteiger partial charge on any atom is 0.262 e. The Morgan fingerprint density at radius 3 is 2.46 bits per heavy atom.